The van der Waals surface area contributed by atoms with Crippen LogP contribution in [0.3, 0.4) is 0 Å². The third kappa shape index (κ3) is 4.92. The van der Waals surface area contributed by atoms with E-state index in [0.717, 1.165) is 10.5 Å². The molecule has 1 fully saturated rings. The first-order valence-electron chi connectivity index (χ1n) is 10.4. The van der Waals surface area contributed by atoms with E-state index in [9.17, 15) is 19.2 Å². The van der Waals surface area contributed by atoms with Gasteiger partial charge in [-0.25, -0.2) is 14.5 Å². The lowest BCUT2D eigenvalue weighted by molar-refractivity contribution is -0.122. The number of nitrogens with one attached hydrogen (secondary N) is 1. The maximum atomic E-state index is 13.1. The highest BCUT2D eigenvalue weighted by molar-refractivity contribution is 6.39. The van der Waals surface area contributed by atoms with E-state index >= 15 is 0 Å². The van der Waals surface area contributed by atoms with Gasteiger partial charge in [0.15, 0.2) is 11.5 Å². The number of hydrogen-bond donors (Lipinski definition) is 1. The molecule has 3 aromatic rings. The molecule has 9 heteroatoms. The topological polar surface area (TPSA) is 102 Å². The second kappa shape index (κ2) is 9.82. The van der Waals surface area contributed by atoms with Crippen LogP contribution in [0.2, 0.25) is 5.02 Å². The molecule has 35 heavy (non-hydrogen) atoms. The lowest BCUT2D eigenvalue weighted by atomic mass is 10.1. The summed E-state index contributed by atoms with van der Waals surface area (Å²) in [6.45, 7) is 1.78. The number of methoxy groups -OCH3 is 1. The molecule has 1 heterocycles. The number of carbonyl (C=O) groups is 4. The Labute approximate surface area is 205 Å². The second-order valence-corrected chi connectivity index (χ2v) is 7.96. The fraction of sp³-hybridized carbons (Fsp3) is 0.0769. The SMILES string of the molecule is COc1cc(/C=C2/C(=O)NC(=O)N(c3ccc(C)c(Cl)c3)C2=O)ccc1OC(=O)c1ccccc1. The van der Waals surface area contributed by atoms with Crippen LogP contribution >= 0.6 is 11.6 Å². The third-order valence-electron chi connectivity index (χ3n) is 5.23. The molecule has 0 radical (unpaired) electrons. The molecule has 0 aromatic heterocycles. The summed E-state index contributed by atoms with van der Waals surface area (Å²) < 4.78 is 10.7. The highest BCUT2D eigenvalue weighted by Crippen LogP contribution is 2.31. The Bertz CT molecular complexity index is 1380. The molecule has 1 saturated heterocycles. The van der Waals surface area contributed by atoms with Crippen molar-refractivity contribution in [2.24, 2.45) is 0 Å². The van der Waals surface area contributed by atoms with E-state index in [2.05, 4.69) is 5.32 Å². The van der Waals surface area contributed by atoms with Crippen LogP contribution in [0.4, 0.5) is 10.5 Å². The van der Waals surface area contributed by atoms with E-state index in [1.807, 2.05) is 0 Å². The van der Waals surface area contributed by atoms with Crippen molar-refractivity contribution in [1.82, 2.24) is 5.32 Å². The maximum absolute atomic E-state index is 13.1. The maximum Gasteiger partial charge on any atom is 0.343 e. The van der Waals surface area contributed by atoms with Crippen LogP contribution in [0, 0.1) is 6.92 Å². The lowest BCUT2D eigenvalue weighted by Gasteiger charge is -2.26. The first-order valence-corrected chi connectivity index (χ1v) is 10.8. The first kappa shape index (κ1) is 23.7. The summed E-state index contributed by atoms with van der Waals surface area (Å²) in [4.78, 5) is 51.2. The number of esters is 1. The van der Waals surface area contributed by atoms with Gasteiger partial charge in [0.2, 0.25) is 0 Å². The minimum atomic E-state index is -0.877. The molecule has 1 aliphatic rings. The Hall–Kier alpha value is -4.43. The summed E-state index contributed by atoms with van der Waals surface area (Å²) >= 11 is 6.15. The summed E-state index contributed by atoms with van der Waals surface area (Å²) in [5.41, 5.74) is 1.51. The van der Waals surface area contributed by atoms with E-state index < -0.39 is 23.8 Å². The number of nitrogens with zero attached hydrogens (tertiary/aromatic N) is 1. The van der Waals surface area contributed by atoms with E-state index in [1.165, 1.54) is 31.4 Å². The van der Waals surface area contributed by atoms with Gasteiger partial charge in [0.05, 0.1) is 18.4 Å². The zero-order valence-corrected chi connectivity index (χ0v) is 19.5. The number of barbiturate groups is 1. The fourth-order valence-electron chi connectivity index (χ4n) is 3.37. The van der Waals surface area contributed by atoms with Crippen LogP contribution in [-0.2, 0) is 9.59 Å². The minimum absolute atomic E-state index is 0.161. The number of urea groups is 1. The molecule has 0 unspecified atom stereocenters. The van der Waals surface area contributed by atoms with Crippen molar-refractivity contribution < 1.29 is 28.7 Å². The molecule has 4 amide bonds. The highest BCUT2D eigenvalue weighted by Gasteiger charge is 2.37. The van der Waals surface area contributed by atoms with Crippen LogP contribution in [0.25, 0.3) is 6.08 Å². The summed E-state index contributed by atoms with van der Waals surface area (Å²) in [5, 5.41) is 2.53. The summed E-state index contributed by atoms with van der Waals surface area (Å²) in [6, 6.07) is 16.8. The van der Waals surface area contributed by atoms with Crippen molar-refractivity contribution in [2.45, 2.75) is 6.92 Å². The molecule has 1 aliphatic heterocycles. The van der Waals surface area contributed by atoms with E-state index in [-0.39, 0.29) is 22.8 Å². The van der Waals surface area contributed by atoms with Gasteiger partial charge < -0.3 is 9.47 Å². The Morgan fingerprint density at radius 2 is 1.71 bits per heavy atom. The molecular weight excluding hydrogens is 472 g/mol. The number of rotatable bonds is 5. The number of halogens is 1. The predicted molar refractivity (Wildman–Crippen MR) is 130 cm³/mol. The average molecular weight is 491 g/mol. The number of anilines is 1. The number of carbonyl (C=O) groups excluding carboxylic acids is 4. The van der Waals surface area contributed by atoms with Crippen LogP contribution in [0.15, 0.2) is 72.3 Å². The van der Waals surface area contributed by atoms with E-state index in [1.54, 1.807) is 55.5 Å². The van der Waals surface area contributed by atoms with Crippen LogP contribution < -0.4 is 19.7 Å². The molecule has 3 aromatic carbocycles. The van der Waals surface area contributed by atoms with E-state index in [4.69, 9.17) is 21.1 Å². The molecule has 4 rings (SSSR count). The standard InChI is InChI=1S/C26H19ClN2O6/c1-15-8-10-18(14-20(15)27)29-24(31)19(23(30)28-26(29)33)12-16-9-11-21(22(13-16)34-2)35-25(32)17-6-4-3-5-7-17/h3-14H,1-2H3,(H,28,30,33)/b19-12-. The summed E-state index contributed by atoms with van der Waals surface area (Å²) in [6.07, 6.45) is 1.32. The summed E-state index contributed by atoms with van der Waals surface area (Å²) in [7, 11) is 1.39. The largest absolute Gasteiger partial charge is 0.493 e. The Morgan fingerprint density at radius 3 is 2.40 bits per heavy atom. The van der Waals surface area contributed by atoms with Crippen molar-refractivity contribution in [3.05, 3.63) is 94.0 Å². The molecule has 176 valence electrons. The Balaban J connectivity index is 1.63. The van der Waals surface area contributed by atoms with Gasteiger partial charge in [0.1, 0.15) is 5.57 Å². The normalized spacial score (nSPS) is 14.7. The highest BCUT2D eigenvalue weighted by atomic mass is 35.5. The van der Waals surface area contributed by atoms with Crippen LogP contribution in [0.5, 0.6) is 11.5 Å². The van der Waals surface area contributed by atoms with Crippen molar-refractivity contribution in [2.75, 3.05) is 12.0 Å². The van der Waals surface area contributed by atoms with Crippen molar-refractivity contribution in [3.63, 3.8) is 0 Å². The Kier molecular flexibility index (Phi) is 6.66. The molecule has 0 spiro atoms. The molecule has 8 nitrogen and oxygen atoms in total. The zero-order valence-electron chi connectivity index (χ0n) is 18.7. The monoisotopic (exact) mass is 490 g/mol. The van der Waals surface area contributed by atoms with E-state index in [0.29, 0.717) is 16.1 Å². The molecule has 0 aliphatic carbocycles. The van der Waals surface area contributed by atoms with Gasteiger partial charge in [-0.2, -0.15) is 0 Å². The summed E-state index contributed by atoms with van der Waals surface area (Å²) in [5.74, 6) is -1.84. The van der Waals surface area contributed by atoms with Gasteiger partial charge in [-0.3, -0.25) is 14.9 Å². The van der Waals surface area contributed by atoms with Gasteiger partial charge >= 0.3 is 12.0 Å². The number of amides is 4. The van der Waals surface area contributed by atoms with Gasteiger partial charge in [0.25, 0.3) is 11.8 Å². The number of hydrogen-bond acceptors (Lipinski definition) is 6. The molecule has 0 atom stereocenters. The molecule has 0 bridgehead atoms. The van der Waals surface area contributed by atoms with Gasteiger partial charge in [-0.1, -0.05) is 41.9 Å². The molecule has 0 saturated carbocycles. The number of benzene rings is 3. The number of aryl methyl sites for hydroxylation is 1. The predicted octanol–water partition coefficient (Wildman–Crippen LogP) is 4.54. The minimum Gasteiger partial charge on any atom is -0.493 e. The van der Waals surface area contributed by atoms with Gasteiger partial charge in [0, 0.05) is 5.02 Å². The Morgan fingerprint density at radius 1 is 0.971 bits per heavy atom. The van der Waals surface area contributed by atoms with Crippen molar-refractivity contribution in [1.29, 1.82) is 0 Å². The van der Waals surface area contributed by atoms with Crippen molar-refractivity contribution >= 4 is 47.2 Å². The molecule has 1 N–H and O–H groups in total. The van der Waals surface area contributed by atoms with Gasteiger partial charge in [-0.15, -0.1) is 0 Å². The average Bonchev–Trinajstić information content (AvgIpc) is 2.85. The van der Waals surface area contributed by atoms with Crippen LogP contribution in [-0.4, -0.2) is 30.9 Å². The van der Waals surface area contributed by atoms with Gasteiger partial charge in [-0.05, 0) is 60.5 Å². The smallest absolute Gasteiger partial charge is 0.343 e. The third-order valence-corrected chi connectivity index (χ3v) is 5.63. The second-order valence-electron chi connectivity index (χ2n) is 7.56. The quantitative estimate of drug-likeness (QED) is 0.244. The fourth-order valence-corrected chi connectivity index (χ4v) is 3.55. The number of imide groups is 2. The zero-order chi connectivity index (χ0) is 25.1. The van der Waals surface area contributed by atoms with Crippen molar-refractivity contribution in [3.8, 4) is 11.5 Å². The van der Waals surface area contributed by atoms with Crippen LogP contribution in [0.1, 0.15) is 21.5 Å². The number of ether oxygens (including phenoxy) is 2. The molecular formula is C26H19ClN2O6. The first-order chi connectivity index (χ1) is 16.8. The lowest BCUT2D eigenvalue weighted by Crippen LogP contribution is -2.54.